The van der Waals surface area contributed by atoms with Gasteiger partial charge in [0.2, 0.25) is 0 Å². The molecule has 1 saturated heterocycles. The molecule has 1 aromatic heterocycles. The molecule has 4 heteroatoms. The van der Waals surface area contributed by atoms with Crippen LogP contribution >= 0.6 is 15.9 Å². The van der Waals surface area contributed by atoms with E-state index in [9.17, 15) is 4.79 Å². The molecule has 0 aliphatic carbocycles. The van der Waals surface area contributed by atoms with Crippen molar-refractivity contribution in [2.24, 2.45) is 0 Å². The molecule has 1 aliphatic rings. The Kier molecular flexibility index (Phi) is 3.40. The van der Waals surface area contributed by atoms with Crippen molar-refractivity contribution in [3.8, 4) is 0 Å². The Morgan fingerprint density at radius 1 is 1.44 bits per heavy atom. The van der Waals surface area contributed by atoms with Crippen LogP contribution in [0.2, 0.25) is 0 Å². The minimum Gasteiger partial charge on any atom is -0.317 e. The number of hydrogen-bond acceptors (Lipinski definition) is 3. The molecule has 1 aliphatic heterocycles. The molecule has 0 bridgehead atoms. The minimum absolute atomic E-state index is 0.248. The van der Waals surface area contributed by atoms with Crippen LogP contribution in [0, 0.1) is 0 Å². The number of nitrogens with one attached hydrogen (secondary N) is 1. The second-order valence-electron chi connectivity index (χ2n) is 4.26. The maximum atomic E-state index is 11.9. The quantitative estimate of drug-likeness (QED) is 0.845. The molecule has 1 aromatic rings. The van der Waals surface area contributed by atoms with Gasteiger partial charge >= 0.3 is 0 Å². The fraction of sp³-hybridized carbons (Fsp3) is 0.500. The second-order valence-corrected chi connectivity index (χ2v) is 5.07. The average Bonchev–Trinajstić information content (AvgIpc) is 2.30. The van der Waals surface area contributed by atoms with Gasteiger partial charge in [0.1, 0.15) is 10.4 Å². The van der Waals surface area contributed by atoms with Crippen LogP contribution in [0.3, 0.4) is 0 Å². The third-order valence-corrected chi connectivity index (χ3v) is 3.88. The largest absolute Gasteiger partial charge is 0.317 e. The Labute approximate surface area is 104 Å². The first kappa shape index (κ1) is 11.7. The van der Waals surface area contributed by atoms with Gasteiger partial charge in [-0.1, -0.05) is 6.07 Å². The molecule has 1 N–H and O–H groups in total. The van der Waals surface area contributed by atoms with Crippen molar-refractivity contribution in [1.82, 2.24) is 10.3 Å². The number of ketones is 1. The van der Waals surface area contributed by atoms with Crippen LogP contribution in [0.15, 0.2) is 22.9 Å². The normalized spacial score (nSPS) is 19.4. The summed E-state index contributed by atoms with van der Waals surface area (Å²) in [5.74, 6) is 0.248. The summed E-state index contributed by atoms with van der Waals surface area (Å²) in [6.07, 6.45) is 3.55. The van der Waals surface area contributed by atoms with Crippen LogP contribution in [-0.2, 0) is 10.2 Å². The predicted molar refractivity (Wildman–Crippen MR) is 66.4 cm³/mol. The first-order valence-electron chi connectivity index (χ1n) is 5.49. The highest BCUT2D eigenvalue weighted by atomic mass is 79.9. The van der Waals surface area contributed by atoms with Crippen LogP contribution in [0.5, 0.6) is 0 Å². The van der Waals surface area contributed by atoms with Crippen LogP contribution in [0.1, 0.15) is 25.3 Å². The zero-order valence-electron chi connectivity index (χ0n) is 9.29. The first-order valence-corrected chi connectivity index (χ1v) is 6.28. The third kappa shape index (κ3) is 2.04. The molecule has 0 saturated carbocycles. The van der Waals surface area contributed by atoms with E-state index < -0.39 is 0 Å². The summed E-state index contributed by atoms with van der Waals surface area (Å²) in [5.41, 5.74) is 0.726. The molecular weight excluding hydrogens is 268 g/mol. The standard InChI is InChI=1S/C12H15BrN2O/c1-9(16)12(4-6-14-7-5-12)10-2-3-11(13)15-8-10/h2-3,8,14H,4-7H2,1H3. The Balaban J connectivity index is 2.38. The second kappa shape index (κ2) is 4.63. The zero-order valence-corrected chi connectivity index (χ0v) is 10.9. The lowest BCUT2D eigenvalue weighted by atomic mass is 9.71. The van der Waals surface area contributed by atoms with Gasteiger partial charge in [-0.25, -0.2) is 4.98 Å². The number of rotatable bonds is 2. The van der Waals surface area contributed by atoms with Gasteiger partial charge in [0, 0.05) is 6.20 Å². The van der Waals surface area contributed by atoms with Crippen molar-refractivity contribution < 1.29 is 4.79 Å². The van der Waals surface area contributed by atoms with Gasteiger partial charge in [0.05, 0.1) is 5.41 Å². The van der Waals surface area contributed by atoms with Crippen molar-refractivity contribution in [1.29, 1.82) is 0 Å². The highest BCUT2D eigenvalue weighted by Gasteiger charge is 2.38. The molecule has 0 radical (unpaired) electrons. The maximum Gasteiger partial charge on any atom is 0.140 e. The predicted octanol–water partition coefficient (Wildman–Crippen LogP) is 2.05. The molecule has 0 amide bonds. The molecule has 3 nitrogen and oxygen atoms in total. The Morgan fingerprint density at radius 3 is 2.62 bits per heavy atom. The van der Waals surface area contributed by atoms with Gasteiger partial charge in [-0.15, -0.1) is 0 Å². The van der Waals surface area contributed by atoms with Crippen molar-refractivity contribution >= 4 is 21.7 Å². The summed E-state index contributed by atoms with van der Waals surface area (Å²) in [6, 6.07) is 3.91. The number of Topliss-reactive ketones (excluding diaryl/α,β-unsaturated/α-hetero) is 1. The Morgan fingerprint density at radius 2 is 2.12 bits per heavy atom. The molecule has 86 valence electrons. The average molecular weight is 283 g/mol. The molecule has 0 atom stereocenters. The van der Waals surface area contributed by atoms with E-state index in [0.717, 1.165) is 36.1 Å². The van der Waals surface area contributed by atoms with Gasteiger partial charge in [0.15, 0.2) is 0 Å². The first-order chi connectivity index (χ1) is 7.65. The van der Waals surface area contributed by atoms with E-state index in [0.29, 0.717) is 0 Å². The fourth-order valence-electron chi connectivity index (χ4n) is 2.36. The van der Waals surface area contributed by atoms with Gasteiger partial charge in [0.25, 0.3) is 0 Å². The third-order valence-electron chi connectivity index (χ3n) is 3.41. The Bertz CT molecular complexity index is 383. The molecule has 16 heavy (non-hydrogen) atoms. The topological polar surface area (TPSA) is 42.0 Å². The van der Waals surface area contributed by atoms with Crippen LogP contribution in [-0.4, -0.2) is 23.9 Å². The summed E-state index contributed by atoms with van der Waals surface area (Å²) >= 11 is 3.32. The number of aromatic nitrogens is 1. The van der Waals surface area contributed by atoms with E-state index in [1.54, 1.807) is 6.92 Å². The highest BCUT2D eigenvalue weighted by molar-refractivity contribution is 9.10. The van der Waals surface area contributed by atoms with E-state index in [2.05, 4.69) is 26.2 Å². The summed E-state index contributed by atoms with van der Waals surface area (Å²) in [4.78, 5) is 16.2. The summed E-state index contributed by atoms with van der Waals surface area (Å²) in [6.45, 7) is 3.48. The van der Waals surface area contributed by atoms with Gasteiger partial charge in [-0.3, -0.25) is 4.79 Å². The number of halogens is 1. The van der Waals surface area contributed by atoms with Crippen molar-refractivity contribution in [3.05, 3.63) is 28.5 Å². The van der Waals surface area contributed by atoms with E-state index in [4.69, 9.17) is 0 Å². The molecule has 0 unspecified atom stereocenters. The maximum absolute atomic E-state index is 11.9. The Hall–Kier alpha value is -0.740. The number of carbonyl (C=O) groups excluding carboxylic acids is 1. The van der Waals surface area contributed by atoms with Crippen LogP contribution < -0.4 is 5.32 Å². The van der Waals surface area contributed by atoms with Gasteiger partial charge in [-0.2, -0.15) is 0 Å². The number of carbonyl (C=O) groups is 1. The number of pyridine rings is 1. The molecule has 0 spiro atoms. The van der Waals surface area contributed by atoms with E-state index in [1.807, 2.05) is 18.3 Å². The SMILES string of the molecule is CC(=O)C1(c2ccc(Br)nc2)CCNCC1. The molecule has 0 aromatic carbocycles. The molecule has 1 fully saturated rings. The van der Waals surface area contributed by atoms with E-state index in [-0.39, 0.29) is 11.2 Å². The van der Waals surface area contributed by atoms with Crippen molar-refractivity contribution in [3.63, 3.8) is 0 Å². The van der Waals surface area contributed by atoms with E-state index >= 15 is 0 Å². The number of hydrogen-bond donors (Lipinski definition) is 1. The van der Waals surface area contributed by atoms with Gasteiger partial charge < -0.3 is 5.32 Å². The number of piperidine rings is 1. The van der Waals surface area contributed by atoms with Gasteiger partial charge in [-0.05, 0) is 60.4 Å². The zero-order chi connectivity index (χ0) is 11.6. The smallest absolute Gasteiger partial charge is 0.140 e. The van der Waals surface area contributed by atoms with Crippen LogP contribution in [0.25, 0.3) is 0 Å². The molecule has 2 rings (SSSR count). The lowest BCUT2D eigenvalue weighted by molar-refractivity contribution is -0.123. The van der Waals surface area contributed by atoms with Crippen molar-refractivity contribution in [2.75, 3.05) is 13.1 Å². The summed E-state index contributed by atoms with van der Waals surface area (Å²) in [5, 5.41) is 3.29. The lowest BCUT2D eigenvalue weighted by Gasteiger charge is -2.35. The summed E-state index contributed by atoms with van der Waals surface area (Å²) < 4.78 is 0.809. The molecular formula is C12H15BrN2O. The highest BCUT2D eigenvalue weighted by Crippen LogP contribution is 2.34. The van der Waals surface area contributed by atoms with Crippen LogP contribution in [0.4, 0.5) is 0 Å². The monoisotopic (exact) mass is 282 g/mol. The minimum atomic E-state index is -0.320. The lowest BCUT2D eigenvalue weighted by Crippen LogP contribution is -2.44. The van der Waals surface area contributed by atoms with Crippen molar-refractivity contribution in [2.45, 2.75) is 25.2 Å². The van der Waals surface area contributed by atoms with E-state index in [1.165, 1.54) is 0 Å². The number of nitrogens with zero attached hydrogens (tertiary/aromatic N) is 1. The fourth-order valence-corrected chi connectivity index (χ4v) is 2.59. The molecule has 2 heterocycles. The summed E-state index contributed by atoms with van der Waals surface area (Å²) in [7, 11) is 0.